The van der Waals surface area contributed by atoms with Gasteiger partial charge in [0.25, 0.3) is 0 Å². The average molecular weight is 424 g/mol. The van der Waals surface area contributed by atoms with Crippen molar-refractivity contribution in [1.29, 1.82) is 5.26 Å². The molecule has 9 heteroatoms. The molecule has 1 aliphatic rings. The molecule has 0 aromatic heterocycles. The van der Waals surface area contributed by atoms with Crippen LogP contribution in [0.25, 0.3) is 0 Å². The Labute approximate surface area is 168 Å². The number of nitrogens with zero attached hydrogens (tertiary/aromatic N) is 2. The van der Waals surface area contributed by atoms with Crippen molar-refractivity contribution >= 4 is 21.6 Å². The quantitative estimate of drug-likeness (QED) is 0.772. The first-order valence-corrected chi connectivity index (χ1v) is 10.5. The van der Waals surface area contributed by atoms with Crippen molar-refractivity contribution in [3.05, 3.63) is 64.4 Å². The summed E-state index contributed by atoms with van der Waals surface area (Å²) in [6.07, 6.45) is 0. The SMILES string of the molecule is N#Cc1cc(S(=O)(=O)NCC(c2cccc(F)c2)N2CCOCC2)ccc1Cl. The summed E-state index contributed by atoms with van der Waals surface area (Å²) in [4.78, 5) is 2.01. The van der Waals surface area contributed by atoms with Gasteiger partial charge in [-0.2, -0.15) is 5.26 Å². The van der Waals surface area contributed by atoms with Crippen molar-refractivity contribution < 1.29 is 17.5 Å². The molecule has 1 unspecified atom stereocenters. The highest BCUT2D eigenvalue weighted by atomic mass is 35.5. The lowest BCUT2D eigenvalue weighted by molar-refractivity contribution is 0.0171. The minimum atomic E-state index is -3.87. The summed E-state index contributed by atoms with van der Waals surface area (Å²) in [6, 6.07) is 11.6. The van der Waals surface area contributed by atoms with E-state index >= 15 is 0 Å². The Hall–Kier alpha value is -2.02. The molecule has 1 fully saturated rings. The summed E-state index contributed by atoms with van der Waals surface area (Å²) in [6.45, 7) is 2.34. The van der Waals surface area contributed by atoms with Gasteiger partial charge in [0.15, 0.2) is 0 Å². The summed E-state index contributed by atoms with van der Waals surface area (Å²) < 4.78 is 47.1. The molecule has 2 aromatic carbocycles. The third kappa shape index (κ3) is 4.87. The van der Waals surface area contributed by atoms with Crippen LogP contribution in [0.4, 0.5) is 4.39 Å². The van der Waals surface area contributed by atoms with Gasteiger partial charge in [-0.1, -0.05) is 23.7 Å². The monoisotopic (exact) mass is 423 g/mol. The van der Waals surface area contributed by atoms with E-state index in [2.05, 4.69) is 9.62 Å². The van der Waals surface area contributed by atoms with Crippen LogP contribution in [-0.2, 0) is 14.8 Å². The molecule has 1 atom stereocenters. The van der Waals surface area contributed by atoms with E-state index in [9.17, 15) is 12.8 Å². The molecule has 0 spiro atoms. The first kappa shape index (κ1) is 20.7. The summed E-state index contributed by atoms with van der Waals surface area (Å²) in [5.74, 6) is -0.380. The molecular formula is C19H19ClFN3O3S. The zero-order chi connectivity index (χ0) is 20.1. The van der Waals surface area contributed by atoms with E-state index in [0.717, 1.165) is 0 Å². The molecule has 0 aliphatic carbocycles. The van der Waals surface area contributed by atoms with Crippen molar-refractivity contribution in [1.82, 2.24) is 9.62 Å². The standard InChI is InChI=1S/C19H19ClFN3O3S/c20-18-5-4-17(11-15(18)12-22)28(25,26)23-13-19(24-6-8-27-9-7-24)14-2-1-3-16(21)10-14/h1-5,10-11,19,23H,6-9,13H2. The smallest absolute Gasteiger partial charge is 0.240 e. The zero-order valence-electron chi connectivity index (χ0n) is 14.9. The highest BCUT2D eigenvalue weighted by Crippen LogP contribution is 2.24. The van der Waals surface area contributed by atoms with E-state index < -0.39 is 10.0 Å². The highest BCUT2D eigenvalue weighted by molar-refractivity contribution is 7.89. The Morgan fingerprint density at radius 3 is 2.68 bits per heavy atom. The fourth-order valence-electron chi connectivity index (χ4n) is 3.09. The van der Waals surface area contributed by atoms with E-state index in [4.69, 9.17) is 21.6 Å². The molecule has 28 heavy (non-hydrogen) atoms. The fourth-order valence-corrected chi connectivity index (χ4v) is 4.31. The number of sulfonamides is 1. The molecule has 1 aliphatic heterocycles. The van der Waals surface area contributed by atoms with Crippen LogP contribution < -0.4 is 4.72 Å². The van der Waals surface area contributed by atoms with E-state index in [-0.39, 0.29) is 33.9 Å². The largest absolute Gasteiger partial charge is 0.379 e. The second kappa shape index (κ2) is 8.99. The van der Waals surface area contributed by atoms with Crippen LogP contribution in [0.2, 0.25) is 5.02 Å². The van der Waals surface area contributed by atoms with Crippen LogP contribution in [-0.4, -0.2) is 46.2 Å². The van der Waals surface area contributed by atoms with Crippen molar-refractivity contribution in [3.63, 3.8) is 0 Å². The van der Waals surface area contributed by atoms with Crippen LogP contribution >= 0.6 is 11.6 Å². The Bertz CT molecular complexity index is 988. The van der Waals surface area contributed by atoms with Gasteiger partial charge in [-0.15, -0.1) is 0 Å². The number of halogens is 2. The predicted octanol–water partition coefficient (Wildman–Crippen LogP) is 2.70. The Balaban J connectivity index is 1.83. The van der Waals surface area contributed by atoms with Gasteiger partial charge in [0.05, 0.1) is 28.7 Å². The summed E-state index contributed by atoms with van der Waals surface area (Å²) in [5.41, 5.74) is 0.762. The summed E-state index contributed by atoms with van der Waals surface area (Å²) in [7, 11) is -3.87. The van der Waals surface area contributed by atoms with Crippen LogP contribution in [0.15, 0.2) is 47.4 Å². The van der Waals surface area contributed by atoms with Gasteiger partial charge in [-0.25, -0.2) is 17.5 Å². The maximum Gasteiger partial charge on any atom is 0.240 e. The van der Waals surface area contributed by atoms with Gasteiger partial charge in [0.2, 0.25) is 10.0 Å². The first-order chi connectivity index (χ1) is 13.4. The van der Waals surface area contributed by atoms with Crippen LogP contribution in [0, 0.1) is 17.1 Å². The van der Waals surface area contributed by atoms with E-state index in [1.54, 1.807) is 12.1 Å². The number of morpholine rings is 1. The molecule has 0 amide bonds. The summed E-state index contributed by atoms with van der Waals surface area (Å²) >= 11 is 5.88. The average Bonchev–Trinajstić information content (AvgIpc) is 2.69. The van der Waals surface area contributed by atoms with E-state index in [1.807, 2.05) is 6.07 Å². The molecule has 1 saturated heterocycles. The molecule has 6 nitrogen and oxygen atoms in total. The molecule has 0 bridgehead atoms. The lowest BCUT2D eigenvalue weighted by Crippen LogP contribution is -2.43. The minimum Gasteiger partial charge on any atom is -0.379 e. The van der Waals surface area contributed by atoms with Gasteiger partial charge in [0, 0.05) is 25.7 Å². The number of rotatable bonds is 6. The topological polar surface area (TPSA) is 82.4 Å². The normalized spacial score (nSPS) is 16.5. The lowest BCUT2D eigenvalue weighted by atomic mass is 10.0. The Morgan fingerprint density at radius 1 is 1.25 bits per heavy atom. The summed E-state index contributed by atoms with van der Waals surface area (Å²) in [5, 5.41) is 9.26. The van der Waals surface area contributed by atoms with E-state index in [0.29, 0.717) is 31.9 Å². The molecule has 148 valence electrons. The third-order valence-electron chi connectivity index (χ3n) is 4.56. The van der Waals surface area contributed by atoms with Crippen molar-refractivity contribution in [2.75, 3.05) is 32.8 Å². The third-order valence-corrected chi connectivity index (χ3v) is 6.31. The molecule has 0 saturated carbocycles. The van der Waals surface area contributed by atoms with Gasteiger partial charge in [-0.05, 0) is 35.9 Å². The zero-order valence-corrected chi connectivity index (χ0v) is 16.5. The molecule has 3 rings (SSSR count). The van der Waals surface area contributed by atoms with Gasteiger partial charge < -0.3 is 4.74 Å². The lowest BCUT2D eigenvalue weighted by Gasteiger charge is -2.34. The minimum absolute atomic E-state index is 0.0478. The number of hydrogen-bond donors (Lipinski definition) is 1. The van der Waals surface area contributed by atoms with E-state index in [1.165, 1.54) is 30.3 Å². The Morgan fingerprint density at radius 2 is 2.00 bits per heavy atom. The number of hydrogen-bond acceptors (Lipinski definition) is 5. The van der Waals surface area contributed by atoms with Crippen LogP contribution in [0.5, 0.6) is 0 Å². The van der Waals surface area contributed by atoms with Crippen molar-refractivity contribution in [2.24, 2.45) is 0 Å². The second-order valence-electron chi connectivity index (χ2n) is 6.32. The fraction of sp³-hybridized carbons (Fsp3) is 0.316. The highest BCUT2D eigenvalue weighted by Gasteiger charge is 2.25. The number of nitrogens with one attached hydrogen (secondary N) is 1. The maximum atomic E-state index is 13.7. The maximum absolute atomic E-state index is 13.7. The molecule has 0 radical (unpaired) electrons. The van der Waals surface area contributed by atoms with Crippen LogP contribution in [0.1, 0.15) is 17.2 Å². The molecule has 2 aromatic rings. The van der Waals surface area contributed by atoms with Crippen LogP contribution in [0.3, 0.4) is 0 Å². The van der Waals surface area contributed by atoms with Gasteiger partial charge in [0.1, 0.15) is 11.9 Å². The predicted molar refractivity (Wildman–Crippen MR) is 103 cm³/mol. The van der Waals surface area contributed by atoms with Gasteiger partial charge >= 0.3 is 0 Å². The number of benzene rings is 2. The molecule has 1 N–H and O–H groups in total. The first-order valence-electron chi connectivity index (χ1n) is 8.67. The van der Waals surface area contributed by atoms with Crippen molar-refractivity contribution in [2.45, 2.75) is 10.9 Å². The van der Waals surface area contributed by atoms with Crippen molar-refractivity contribution in [3.8, 4) is 6.07 Å². The second-order valence-corrected chi connectivity index (χ2v) is 8.50. The number of ether oxygens (including phenoxy) is 1. The Kier molecular flexibility index (Phi) is 6.65. The molecular weight excluding hydrogens is 405 g/mol. The number of nitriles is 1. The molecule has 1 heterocycles. The van der Waals surface area contributed by atoms with Gasteiger partial charge in [-0.3, -0.25) is 4.90 Å².